The van der Waals surface area contributed by atoms with Crippen LogP contribution in [0, 0.1) is 6.92 Å². The van der Waals surface area contributed by atoms with Gasteiger partial charge in [-0.05, 0) is 47.9 Å². The number of rotatable bonds is 8. The van der Waals surface area contributed by atoms with E-state index in [1.165, 1.54) is 0 Å². The van der Waals surface area contributed by atoms with Crippen molar-refractivity contribution in [1.82, 2.24) is 0 Å². The Hall–Kier alpha value is -1.52. The van der Waals surface area contributed by atoms with Crippen LogP contribution in [0.2, 0.25) is 0 Å². The van der Waals surface area contributed by atoms with Crippen molar-refractivity contribution in [2.75, 3.05) is 13.2 Å². The largest absolute Gasteiger partial charge is 0.494 e. The van der Waals surface area contributed by atoms with Crippen LogP contribution in [-0.4, -0.2) is 30.6 Å². The van der Waals surface area contributed by atoms with Crippen molar-refractivity contribution < 1.29 is 48.8 Å². The van der Waals surface area contributed by atoms with E-state index < -0.39 is 18.7 Å². The second kappa shape index (κ2) is 10.6. The maximum Gasteiger partial charge on any atom is 0.392 e. The second-order valence-electron chi connectivity index (χ2n) is 5.64. The Bertz CT molecular complexity index is 641. The molecule has 1 N–H and O–H groups in total. The van der Waals surface area contributed by atoms with Gasteiger partial charge in [0.15, 0.2) is 0 Å². The number of hydrogen-bond donors (Lipinski definition) is 1. The van der Waals surface area contributed by atoms with Gasteiger partial charge in [0.1, 0.15) is 11.5 Å². The molecular weight excluding hydrogens is 517 g/mol. The van der Waals surface area contributed by atoms with Crippen LogP contribution in [-0.2, 0) is 27.5 Å². The summed E-state index contributed by atoms with van der Waals surface area (Å²) in [4.78, 5) is 0. The molecule has 0 bridgehead atoms. The van der Waals surface area contributed by atoms with Crippen LogP contribution in [0.15, 0.2) is 48.5 Å². The van der Waals surface area contributed by atoms with E-state index in [2.05, 4.69) is 6.92 Å². The quantitative estimate of drug-likeness (QED) is 0.514. The summed E-state index contributed by atoms with van der Waals surface area (Å²) in [6.45, 7) is 3.18. The van der Waals surface area contributed by atoms with E-state index in [-0.39, 0.29) is 34.3 Å². The molecule has 7 heteroatoms. The SMILES string of the molecule is [CH2-]C(O)COc1ccc(Cc2ccc(OCCC(F)(F)F)cc2)cc1.[W]. The molecule has 0 aromatic heterocycles. The van der Waals surface area contributed by atoms with E-state index >= 15 is 0 Å². The summed E-state index contributed by atoms with van der Waals surface area (Å²) in [6, 6.07) is 14.4. The normalized spacial score (nSPS) is 12.2. The molecule has 0 amide bonds. The first-order chi connectivity index (χ1) is 11.8. The van der Waals surface area contributed by atoms with Crippen LogP contribution in [0.1, 0.15) is 17.5 Å². The fourth-order valence-electron chi connectivity index (χ4n) is 2.12. The van der Waals surface area contributed by atoms with E-state index in [4.69, 9.17) is 14.6 Å². The fourth-order valence-corrected chi connectivity index (χ4v) is 2.12. The molecule has 1 unspecified atom stereocenters. The van der Waals surface area contributed by atoms with Crippen molar-refractivity contribution >= 4 is 0 Å². The zero-order chi connectivity index (χ0) is 18.3. The van der Waals surface area contributed by atoms with Crippen LogP contribution >= 0.6 is 0 Å². The van der Waals surface area contributed by atoms with E-state index in [1.807, 2.05) is 36.4 Å². The van der Waals surface area contributed by atoms with Gasteiger partial charge in [0.25, 0.3) is 0 Å². The van der Waals surface area contributed by atoms with Crippen LogP contribution in [0.3, 0.4) is 0 Å². The van der Waals surface area contributed by atoms with Crippen LogP contribution in [0.25, 0.3) is 0 Å². The number of alkyl halides is 3. The van der Waals surface area contributed by atoms with Gasteiger partial charge in [-0.2, -0.15) is 13.2 Å². The number of aliphatic hydroxyl groups is 1. The van der Waals surface area contributed by atoms with Gasteiger partial charge in [0.05, 0.1) is 19.6 Å². The predicted octanol–water partition coefficient (Wildman–Crippen LogP) is 4.18. The Balaban J connectivity index is 0.00000338. The first-order valence-electron chi connectivity index (χ1n) is 7.83. The fraction of sp³-hybridized carbons (Fsp3) is 0.316. The monoisotopic (exact) mass is 537 g/mol. The molecular formula is C19H20F3O3W-. The minimum atomic E-state index is -4.21. The minimum absolute atomic E-state index is 0. The summed E-state index contributed by atoms with van der Waals surface area (Å²) in [6.07, 6.45) is -5.26. The van der Waals surface area contributed by atoms with Gasteiger partial charge in [-0.3, -0.25) is 0 Å². The zero-order valence-electron chi connectivity index (χ0n) is 14.0. The molecule has 26 heavy (non-hydrogen) atoms. The number of hydrogen-bond acceptors (Lipinski definition) is 3. The molecule has 2 rings (SSSR count). The van der Waals surface area contributed by atoms with Gasteiger partial charge in [-0.1, -0.05) is 24.3 Å². The molecule has 2 aromatic rings. The van der Waals surface area contributed by atoms with Gasteiger partial charge in [0.2, 0.25) is 0 Å². The van der Waals surface area contributed by atoms with Gasteiger partial charge < -0.3 is 21.5 Å². The predicted molar refractivity (Wildman–Crippen MR) is 88.7 cm³/mol. The maximum absolute atomic E-state index is 12.1. The zero-order valence-corrected chi connectivity index (χ0v) is 17.0. The second-order valence-corrected chi connectivity index (χ2v) is 5.64. The van der Waals surface area contributed by atoms with Crippen LogP contribution in [0.4, 0.5) is 13.2 Å². The smallest absolute Gasteiger partial charge is 0.392 e. The molecule has 3 nitrogen and oxygen atoms in total. The number of ether oxygens (including phenoxy) is 2. The average molecular weight is 537 g/mol. The Morgan fingerprint density at radius 3 is 1.77 bits per heavy atom. The first kappa shape index (κ1) is 22.5. The molecule has 0 aliphatic carbocycles. The molecule has 0 spiro atoms. The Labute approximate surface area is 165 Å². The third-order valence-corrected chi connectivity index (χ3v) is 3.35. The first-order valence-corrected chi connectivity index (χ1v) is 7.83. The van der Waals surface area contributed by atoms with Gasteiger partial charge in [-0.15, -0.1) is 0 Å². The maximum atomic E-state index is 12.1. The molecule has 0 fully saturated rings. The van der Waals surface area contributed by atoms with Crippen molar-refractivity contribution in [1.29, 1.82) is 0 Å². The van der Waals surface area contributed by atoms with E-state index in [0.717, 1.165) is 11.1 Å². The third kappa shape index (κ3) is 8.72. The number of aliphatic hydroxyl groups excluding tert-OH is 1. The van der Waals surface area contributed by atoms with Gasteiger partial charge >= 0.3 is 6.18 Å². The van der Waals surface area contributed by atoms with Crippen molar-refractivity contribution in [3.05, 3.63) is 66.6 Å². The summed E-state index contributed by atoms with van der Waals surface area (Å²) >= 11 is 0. The summed E-state index contributed by atoms with van der Waals surface area (Å²) in [5.41, 5.74) is 2.08. The molecule has 0 radical (unpaired) electrons. The van der Waals surface area contributed by atoms with Crippen LogP contribution in [0.5, 0.6) is 11.5 Å². The van der Waals surface area contributed by atoms with Crippen LogP contribution < -0.4 is 9.47 Å². The number of benzene rings is 2. The van der Waals surface area contributed by atoms with Crippen molar-refractivity contribution in [2.45, 2.75) is 25.1 Å². The number of halogens is 3. The standard InChI is InChI=1S/C19H20F3O3.W/c1-14(23)13-25-18-8-4-16(5-9-18)12-15-2-6-17(7-3-15)24-11-10-19(20,21)22;/h2-9,14,23H,1,10-13H2;/q-1;. The van der Waals surface area contributed by atoms with Gasteiger partial charge in [0, 0.05) is 21.1 Å². The molecule has 0 aliphatic heterocycles. The molecule has 0 saturated carbocycles. The van der Waals surface area contributed by atoms with Crippen molar-refractivity contribution in [3.8, 4) is 11.5 Å². The summed E-state index contributed by atoms with van der Waals surface area (Å²) in [5.74, 6) is 1.07. The van der Waals surface area contributed by atoms with E-state index in [1.54, 1.807) is 12.1 Å². The molecule has 2 aromatic carbocycles. The average Bonchev–Trinajstić information content (AvgIpc) is 2.55. The molecule has 142 valence electrons. The Morgan fingerprint density at radius 2 is 1.35 bits per heavy atom. The summed E-state index contributed by atoms with van der Waals surface area (Å²) < 4.78 is 46.7. The summed E-state index contributed by atoms with van der Waals surface area (Å²) in [5, 5.41) is 9.08. The van der Waals surface area contributed by atoms with E-state index in [9.17, 15) is 13.2 Å². The molecule has 0 heterocycles. The van der Waals surface area contributed by atoms with Gasteiger partial charge in [-0.25, -0.2) is 0 Å². The van der Waals surface area contributed by atoms with Crippen molar-refractivity contribution in [3.63, 3.8) is 0 Å². The van der Waals surface area contributed by atoms with Crippen molar-refractivity contribution in [2.24, 2.45) is 0 Å². The summed E-state index contributed by atoms with van der Waals surface area (Å²) in [7, 11) is 0. The Kier molecular flexibility index (Phi) is 9.17. The Morgan fingerprint density at radius 1 is 0.885 bits per heavy atom. The molecule has 0 aliphatic rings. The molecule has 0 saturated heterocycles. The topological polar surface area (TPSA) is 38.7 Å². The van der Waals surface area contributed by atoms with E-state index in [0.29, 0.717) is 17.9 Å². The minimum Gasteiger partial charge on any atom is -0.494 e. The third-order valence-electron chi connectivity index (χ3n) is 3.35. The molecule has 1 atom stereocenters.